The first-order valence-electron chi connectivity index (χ1n) is 5.60. The Morgan fingerprint density at radius 1 is 1.29 bits per heavy atom. The van der Waals surface area contributed by atoms with Crippen LogP contribution < -0.4 is 5.01 Å². The van der Waals surface area contributed by atoms with E-state index < -0.39 is 0 Å². The zero-order valence-electron chi connectivity index (χ0n) is 9.67. The van der Waals surface area contributed by atoms with Crippen LogP contribution in [0.4, 0.5) is 5.69 Å². The average Bonchev–Trinajstić information content (AvgIpc) is 2.38. The Labute approximate surface area is 100 Å². The van der Waals surface area contributed by atoms with Gasteiger partial charge in [-0.25, -0.2) is 0 Å². The molecule has 0 radical (unpaired) electrons. The number of hydrazine groups is 1. The third-order valence-electron chi connectivity index (χ3n) is 2.55. The number of imide groups is 1. The van der Waals surface area contributed by atoms with Gasteiger partial charge in [-0.15, -0.1) is 0 Å². The van der Waals surface area contributed by atoms with E-state index in [9.17, 15) is 9.59 Å². The minimum Gasteiger partial charge on any atom is -0.273 e. The Bertz CT molecular complexity index is 454. The van der Waals surface area contributed by atoms with Crippen LogP contribution in [0.2, 0.25) is 0 Å². The third kappa shape index (κ3) is 2.20. The summed E-state index contributed by atoms with van der Waals surface area (Å²) in [6.07, 6.45) is 4.09. The van der Waals surface area contributed by atoms with Crippen LogP contribution in [0.1, 0.15) is 19.8 Å². The SMILES string of the molecule is CCC(=O)N1C(=O)CC=CN1c1ccccc1. The summed E-state index contributed by atoms with van der Waals surface area (Å²) in [7, 11) is 0. The zero-order valence-corrected chi connectivity index (χ0v) is 9.67. The number of hydrogen-bond acceptors (Lipinski definition) is 3. The van der Waals surface area contributed by atoms with Crippen molar-refractivity contribution in [2.24, 2.45) is 0 Å². The molecule has 0 unspecified atom stereocenters. The van der Waals surface area contributed by atoms with Gasteiger partial charge in [-0.3, -0.25) is 14.6 Å². The molecule has 0 aromatic heterocycles. The molecule has 0 N–H and O–H groups in total. The molecule has 1 aromatic rings. The van der Waals surface area contributed by atoms with Crippen molar-refractivity contribution in [3.05, 3.63) is 42.6 Å². The van der Waals surface area contributed by atoms with Gasteiger partial charge >= 0.3 is 0 Å². The van der Waals surface area contributed by atoms with Crippen molar-refractivity contribution in [2.45, 2.75) is 19.8 Å². The van der Waals surface area contributed by atoms with E-state index in [1.807, 2.05) is 30.3 Å². The lowest BCUT2D eigenvalue weighted by Crippen LogP contribution is -2.49. The largest absolute Gasteiger partial charge is 0.273 e. The predicted molar refractivity (Wildman–Crippen MR) is 64.8 cm³/mol. The van der Waals surface area contributed by atoms with Crippen LogP contribution in [-0.2, 0) is 9.59 Å². The zero-order chi connectivity index (χ0) is 12.3. The van der Waals surface area contributed by atoms with Gasteiger partial charge in [0, 0.05) is 19.0 Å². The van der Waals surface area contributed by atoms with Crippen LogP contribution in [0.25, 0.3) is 0 Å². The Balaban J connectivity index is 2.36. The Hall–Kier alpha value is -2.10. The maximum absolute atomic E-state index is 11.8. The molecule has 1 heterocycles. The van der Waals surface area contributed by atoms with Crippen molar-refractivity contribution < 1.29 is 9.59 Å². The molecular formula is C13H14N2O2. The van der Waals surface area contributed by atoms with Gasteiger partial charge in [0.05, 0.1) is 5.69 Å². The van der Waals surface area contributed by atoms with Crippen molar-refractivity contribution in [1.29, 1.82) is 0 Å². The molecule has 0 fully saturated rings. The maximum Gasteiger partial charge on any atom is 0.252 e. The summed E-state index contributed by atoms with van der Waals surface area (Å²) in [4.78, 5) is 23.6. The summed E-state index contributed by atoms with van der Waals surface area (Å²) in [6.45, 7) is 1.75. The number of hydrogen-bond donors (Lipinski definition) is 0. The predicted octanol–water partition coefficient (Wildman–Crippen LogP) is 2.09. The van der Waals surface area contributed by atoms with Crippen molar-refractivity contribution in [3.8, 4) is 0 Å². The molecule has 0 saturated carbocycles. The fraction of sp³-hybridized carbons (Fsp3) is 0.231. The van der Waals surface area contributed by atoms with Crippen molar-refractivity contribution in [3.63, 3.8) is 0 Å². The van der Waals surface area contributed by atoms with Gasteiger partial charge in [-0.05, 0) is 12.1 Å². The molecule has 1 aromatic carbocycles. The molecule has 88 valence electrons. The highest BCUT2D eigenvalue weighted by molar-refractivity contribution is 5.98. The monoisotopic (exact) mass is 230 g/mol. The van der Waals surface area contributed by atoms with Crippen LogP contribution in [-0.4, -0.2) is 16.8 Å². The molecule has 1 aliphatic rings. The van der Waals surface area contributed by atoms with Gasteiger partial charge in [0.1, 0.15) is 0 Å². The lowest BCUT2D eigenvalue weighted by Gasteiger charge is -2.34. The van der Waals surface area contributed by atoms with E-state index in [0.717, 1.165) is 5.69 Å². The molecule has 0 aliphatic carbocycles. The van der Waals surface area contributed by atoms with Crippen LogP contribution in [0, 0.1) is 0 Å². The second-order valence-electron chi connectivity index (χ2n) is 3.72. The first kappa shape index (κ1) is 11.4. The number of nitrogens with zero attached hydrogens (tertiary/aromatic N) is 2. The summed E-state index contributed by atoms with van der Waals surface area (Å²) in [5.41, 5.74) is 0.804. The highest BCUT2D eigenvalue weighted by Crippen LogP contribution is 2.21. The smallest absolute Gasteiger partial charge is 0.252 e. The Kier molecular flexibility index (Phi) is 3.23. The summed E-state index contributed by atoms with van der Waals surface area (Å²) >= 11 is 0. The molecule has 2 rings (SSSR count). The topological polar surface area (TPSA) is 40.6 Å². The van der Waals surface area contributed by atoms with Gasteiger partial charge in [0.2, 0.25) is 5.91 Å². The first-order valence-corrected chi connectivity index (χ1v) is 5.60. The lowest BCUT2D eigenvalue weighted by molar-refractivity contribution is -0.144. The minimum absolute atomic E-state index is 0.191. The molecule has 0 spiro atoms. The van der Waals surface area contributed by atoms with E-state index in [1.165, 1.54) is 5.01 Å². The Morgan fingerprint density at radius 3 is 2.65 bits per heavy atom. The molecule has 17 heavy (non-hydrogen) atoms. The molecule has 4 nitrogen and oxygen atoms in total. The van der Waals surface area contributed by atoms with Gasteiger partial charge in [-0.1, -0.05) is 31.2 Å². The molecule has 1 aliphatic heterocycles. The van der Waals surface area contributed by atoms with Crippen LogP contribution in [0.5, 0.6) is 0 Å². The van der Waals surface area contributed by atoms with Crippen LogP contribution in [0.15, 0.2) is 42.6 Å². The minimum atomic E-state index is -0.191. The van der Waals surface area contributed by atoms with Crippen LogP contribution >= 0.6 is 0 Å². The van der Waals surface area contributed by atoms with Gasteiger partial charge in [0.15, 0.2) is 0 Å². The fourth-order valence-corrected chi connectivity index (χ4v) is 1.72. The van der Waals surface area contributed by atoms with E-state index in [0.29, 0.717) is 6.42 Å². The number of carbonyl (C=O) groups excluding carboxylic acids is 2. The maximum atomic E-state index is 11.8. The molecule has 2 amide bonds. The van der Waals surface area contributed by atoms with Crippen molar-refractivity contribution in [1.82, 2.24) is 5.01 Å². The van der Waals surface area contributed by atoms with E-state index in [2.05, 4.69) is 0 Å². The highest BCUT2D eigenvalue weighted by atomic mass is 16.2. The van der Waals surface area contributed by atoms with Gasteiger partial charge in [-0.2, -0.15) is 5.01 Å². The van der Waals surface area contributed by atoms with Gasteiger partial charge in [0.25, 0.3) is 5.91 Å². The van der Waals surface area contributed by atoms with E-state index >= 15 is 0 Å². The van der Waals surface area contributed by atoms with Crippen molar-refractivity contribution in [2.75, 3.05) is 5.01 Å². The number of anilines is 1. The lowest BCUT2D eigenvalue weighted by atomic mass is 10.2. The molecule has 0 atom stereocenters. The third-order valence-corrected chi connectivity index (χ3v) is 2.55. The molecular weight excluding hydrogens is 216 g/mol. The second kappa shape index (κ2) is 4.82. The average molecular weight is 230 g/mol. The summed E-state index contributed by atoms with van der Waals surface area (Å²) in [5, 5.41) is 2.80. The van der Waals surface area contributed by atoms with Gasteiger partial charge < -0.3 is 0 Å². The Morgan fingerprint density at radius 2 is 2.00 bits per heavy atom. The normalized spacial score (nSPS) is 15.2. The first-order chi connectivity index (χ1) is 8.24. The standard InChI is InChI=1S/C13H14N2O2/c1-2-12(16)15-13(17)9-6-10-14(15)11-7-4-3-5-8-11/h3-8,10H,2,9H2,1H3. The number of para-hydroxylation sites is 1. The van der Waals surface area contributed by atoms with E-state index in [-0.39, 0.29) is 18.2 Å². The van der Waals surface area contributed by atoms with Crippen molar-refractivity contribution >= 4 is 17.5 Å². The quantitative estimate of drug-likeness (QED) is 0.781. The highest BCUT2D eigenvalue weighted by Gasteiger charge is 2.27. The van der Waals surface area contributed by atoms with Crippen LogP contribution in [0.3, 0.4) is 0 Å². The number of amides is 2. The van der Waals surface area contributed by atoms with E-state index in [1.54, 1.807) is 24.2 Å². The molecule has 0 bridgehead atoms. The summed E-state index contributed by atoms with van der Waals surface area (Å²) in [6, 6.07) is 9.36. The fourth-order valence-electron chi connectivity index (χ4n) is 1.72. The number of benzene rings is 1. The number of rotatable bonds is 2. The summed E-state index contributed by atoms with van der Waals surface area (Å²) < 4.78 is 0. The summed E-state index contributed by atoms with van der Waals surface area (Å²) in [5.74, 6) is -0.383. The van der Waals surface area contributed by atoms with E-state index in [4.69, 9.17) is 0 Å². The second-order valence-corrected chi connectivity index (χ2v) is 3.72. The molecule has 0 saturated heterocycles. The number of carbonyl (C=O) groups is 2. The molecule has 4 heteroatoms.